The smallest absolute Gasteiger partial charge is 0.239 e. The number of anilines is 4. The third kappa shape index (κ3) is 6.19. The number of aliphatic hydroxyl groups excluding tert-OH is 1. The third-order valence-corrected chi connectivity index (χ3v) is 6.58. The van der Waals surface area contributed by atoms with E-state index in [2.05, 4.69) is 36.6 Å². The first kappa shape index (κ1) is 25.4. The fourth-order valence-corrected chi connectivity index (χ4v) is 4.56. The minimum atomic E-state index is -0.909. The van der Waals surface area contributed by atoms with Crippen LogP contribution in [0.3, 0.4) is 0 Å². The molecule has 0 unspecified atom stereocenters. The highest BCUT2D eigenvalue weighted by Gasteiger charge is 2.25. The standard InChI is InChI=1S/C26H28FN9O2/c27-19-4-10-36(15-19)25-17(12-28)11-18(13-31-25)22-3-7-29-26(33-22)32-20-1-2-23(30-14-20)34-24(38)16-35-8-5-21(37)6-9-35/h1-3,7,11,13-14,19,21,37H,4-6,8-10,15-16H2,(H,29,32,33)(H,30,34,38)/t19-/m0/s1. The molecule has 5 heterocycles. The molecule has 0 saturated carbocycles. The number of piperidine rings is 1. The molecule has 0 aliphatic carbocycles. The van der Waals surface area contributed by atoms with Crippen molar-refractivity contribution in [1.82, 2.24) is 24.8 Å². The summed E-state index contributed by atoms with van der Waals surface area (Å²) in [6, 6.07) is 9.02. The number of halogens is 1. The van der Waals surface area contributed by atoms with E-state index < -0.39 is 6.17 Å². The van der Waals surface area contributed by atoms with E-state index in [-0.39, 0.29) is 25.1 Å². The quantitative estimate of drug-likeness (QED) is 0.428. The van der Waals surface area contributed by atoms with Crippen LogP contribution >= 0.6 is 0 Å². The van der Waals surface area contributed by atoms with Crippen molar-refractivity contribution in [2.24, 2.45) is 0 Å². The zero-order valence-corrected chi connectivity index (χ0v) is 20.7. The van der Waals surface area contributed by atoms with Gasteiger partial charge in [-0.05, 0) is 43.5 Å². The molecular weight excluding hydrogens is 489 g/mol. The number of hydrogen-bond donors (Lipinski definition) is 3. The van der Waals surface area contributed by atoms with E-state index in [1.54, 1.807) is 47.8 Å². The van der Waals surface area contributed by atoms with E-state index >= 15 is 0 Å². The van der Waals surface area contributed by atoms with Crippen molar-refractivity contribution in [3.63, 3.8) is 0 Å². The first-order valence-electron chi connectivity index (χ1n) is 12.5. The van der Waals surface area contributed by atoms with Gasteiger partial charge in [-0.3, -0.25) is 9.69 Å². The molecule has 0 spiro atoms. The molecule has 1 atom stereocenters. The number of nitrogens with one attached hydrogen (secondary N) is 2. The zero-order chi connectivity index (χ0) is 26.5. The lowest BCUT2D eigenvalue weighted by Crippen LogP contribution is -2.40. The van der Waals surface area contributed by atoms with Gasteiger partial charge in [-0.25, -0.2) is 24.3 Å². The Morgan fingerprint density at radius 1 is 1.13 bits per heavy atom. The Bertz CT molecular complexity index is 1320. The molecule has 38 heavy (non-hydrogen) atoms. The van der Waals surface area contributed by atoms with E-state index in [0.717, 1.165) is 0 Å². The minimum Gasteiger partial charge on any atom is -0.393 e. The van der Waals surface area contributed by atoms with Crippen LogP contribution < -0.4 is 15.5 Å². The number of carbonyl (C=O) groups excluding carboxylic acids is 1. The maximum absolute atomic E-state index is 13.6. The summed E-state index contributed by atoms with van der Waals surface area (Å²) in [5.74, 6) is 1.09. The van der Waals surface area contributed by atoms with Crippen molar-refractivity contribution in [1.29, 1.82) is 5.26 Å². The highest BCUT2D eigenvalue weighted by molar-refractivity contribution is 5.91. The summed E-state index contributed by atoms with van der Waals surface area (Å²) in [6.07, 6.45) is 5.39. The van der Waals surface area contributed by atoms with Crippen LogP contribution in [0.1, 0.15) is 24.8 Å². The Hall–Kier alpha value is -4.21. The number of amides is 1. The zero-order valence-electron chi connectivity index (χ0n) is 20.7. The minimum absolute atomic E-state index is 0.156. The van der Waals surface area contributed by atoms with E-state index in [0.29, 0.717) is 79.0 Å². The second-order valence-electron chi connectivity index (χ2n) is 9.42. The largest absolute Gasteiger partial charge is 0.393 e. The molecule has 2 fully saturated rings. The first-order chi connectivity index (χ1) is 18.5. The number of pyridine rings is 2. The monoisotopic (exact) mass is 517 g/mol. The molecule has 5 rings (SSSR count). The lowest BCUT2D eigenvalue weighted by Gasteiger charge is -2.28. The van der Waals surface area contributed by atoms with Gasteiger partial charge in [0.2, 0.25) is 11.9 Å². The SMILES string of the molecule is N#Cc1cc(-c2ccnc(Nc3ccc(NC(=O)CN4CCC(O)CC4)nc3)n2)cnc1N1CC[C@H](F)C1. The molecule has 2 saturated heterocycles. The fourth-order valence-electron chi connectivity index (χ4n) is 4.56. The summed E-state index contributed by atoms with van der Waals surface area (Å²) in [4.78, 5) is 33.6. The molecule has 0 bridgehead atoms. The number of nitrogens with zero attached hydrogens (tertiary/aromatic N) is 7. The lowest BCUT2D eigenvalue weighted by atomic mass is 10.1. The van der Waals surface area contributed by atoms with Crippen LogP contribution in [0.4, 0.5) is 27.7 Å². The molecule has 0 radical (unpaired) electrons. The highest BCUT2D eigenvalue weighted by Crippen LogP contribution is 2.27. The van der Waals surface area contributed by atoms with Crippen LogP contribution in [0.5, 0.6) is 0 Å². The number of aromatic nitrogens is 4. The number of hydrogen-bond acceptors (Lipinski definition) is 10. The Kier molecular flexibility index (Phi) is 7.67. The molecule has 196 valence electrons. The lowest BCUT2D eigenvalue weighted by molar-refractivity contribution is -0.117. The van der Waals surface area contributed by atoms with Gasteiger partial charge in [0.05, 0.1) is 42.3 Å². The summed E-state index contributed by atoms with van der Waals surface area (Å²) >= 11 is 0. The Labute approximate surface area is 219 Å². The summed E-state index contributed by atoms with van der Waals surface area (Å²) in [5.41, 5.74) is 2.21. The number of nitriles is 1. The molecule has 11 nitrogen and oxygen atoms in total. The topological polar surface area (TPSA) is 143 Å². The van der Waals surface area contributed by atoms with Crippen LogP contribution in [-0.4, -0.2) is 80.8 Å². The second-order valence-corrected chi connectivity index (χ2v) is 9.42. The van der Waals surface area contributed by atoms with Crippen molar-refractivity contribution in [2.75, 3.05) is 48.3 Å². The molecule has 3 N–H and O–H groups in total. The second kappa shape index (κ2) is 11.5. The molecule has 12 heteroatoms. The van der Waals surface area contributed by atoms with Gasteiger partial charge in [-0.2, -0.15) is 5.26 Å². The van der Waals surface area contributed by atoms with Gasteiger partial charge in [-0.15, -0.1) is 0 Å². The van der Waals surface area contributed by atoms with Crippen LogP contribution in [-0.2, 0) is 4.79 Å². The van der Waals surface area contributed by atoms with E-state index in [4.69, 9.17) is 0 Å². The molecule has 0 aromatic carbocycles. The summed E-state index contributed by atoms with van der Waals surface area (Å²) in [6.45, 7) is 2.42. The van der Waals surface area contributed by atoms with E-state index in [9.17, 15) is 19.6 Å². The van der Waals surface area contributed by atoms with Crippen molar-refractivity contribution in [2.45, 2.75) is 31.5 Å². The van der Waals surface area contributed by atoms with Crippen LogP contribution in [0, 0.1) is 11.3 Å². The highest BCUT2D eigenvalue weighted by atomic mass is 19.1. The molecule has 3 aromatic heterocycles. The van der Waals surface area contributed by atoms with E-state index in [1.165, 1.54) is 0 Å². The van der Waals surface area contributed by atoms with Gasteiger partial charge in [0, 0.05) is 37.6 Å². The number of carbonyl (C=O) groups is 1. The normalized spacial score (nSPS) is 18.2. The predicted octanol–water partition coefficient (Wildman–Crippen LogP) is 2.49. The summed E-state index contributed by atoms with van der Waals surface area (Å²) in [5, 5.41) is 25.1. The van der Waals surface area contributed by atoms with E-state index in [1.807, 2.05) is 4.90 Å². The average Bonchev–Trinajstić information content (AvgIpc) is 3.37. The maximum atomic E-state index is 13.6. The summed E-state index contributed by atoms with van der Waals surface area (Å²) in [7, 11) is 0. The van der Waals surface area contributed by atoms with Crippen LogP contribution in [0.2, 0.25) is 0 Å². The maximum Gasteiger partial charge on any atom is 0.239 e. The predicted molar refractivity (Wildman–Crippen MR) is 140 cm³/mol. The van der Waals surface area contributed by atoms with Crippen LogP contribution in [0.25, 0.3) is 11.3 Å². The van der Waals surface area contributed by atoms with Crippen molar-refractivity contribution < 1.29 is 14.3 Å². The molecule has 2 aliphatic rings. The van der Waals surface area contributed by atoms with Gasteiger partial charge in [-0.1, -0.05) is 0 Å². The van der Waals surface area contributed by atoms with Crippen LogP contribution in [0.15, 0.2) is 42.9 Å². The summed E-state index contributed by atoms with van der Waals surface area (Å²) < 4.78 is 13.6. The Morgan fingerprint density at radius 2 is 1.97 bits per heavy atom. The fraction of sp³-hybridized carbons (Fsp3) is 0.385. The molecule has 3 aromatic rings. The Morgan fingerprint density at radius 3 is 2.68 bits per heavy atom. The number of aliphatic hydroxyl groups is 1. The molecule has 1 amide bonds. The van der Waals surface area contributed by atoms with Gasteiger partial charge in [0.25, 0.3) is 0 Å². The van der Waals surface area contributed by atoms with Gasteiger partial charge < -0.3 is 20.6 Å². The Balaban J connectivity index is 1.21. The van der Waals surface area contributed by atoms with Crippen molar-refractivity contribution in [3.05, 3.63) is 48.4 Å². The van der Waals surface area contributed by atoms with Gasteiger partial charge in [0.1, 0.15) is 23.9 Å². The first-order valence-corrected chi connectivity index (χ1v) is 12.5. The number of alkyl halides is 1. The molecule has 2 aliphatic heterocycles. The average molecular weight is 518 g/mol. The number of likely N-dealkylation sites (tertiary alicyclic amines) is 1. The van der Waals surface area contributed by atoms with Crippen molar-refractivity contribution >= 4 is 29.2 Å². The van der Waals surface area contributed by atoms with Gasteiger partial charge in [0.15, 0.2) is 0 Å². The molecular formula is C26H28FN9O2. The van der Waals surface area contributed by atoms with Gasteiger partial charge >= 0.3 is 0 Å². The number of rotatable bonds is 7. The third-order valence-electron chi connectivity index (χ3n) is 6.58. The van der Waals surface area contributed by atoms with Crippen molar-refractivity contribution in [3.8, 4) is 17.3 Å².